The van der Waals surface area contributed by atoms with Gasteiger partial charge in [0.1, 0.15) is 17.3 Å². The van der Waals surface area contributed by atoms with E-state index in [1.54, 1.807) is 7.11 Å². The summed E-state index contributed by atoms with van der Waals surface area (Å²) in [4.78, 5) is 17.2. The van der Waals surface area contributed by atoms with E-state index < -0.39 is 0 Å². The van der Waals surface area contributed by atoms with Gasteiger partial charge in [-0.3, -0.25) is 4.79 Å². The van der Waals surface area contributed by atoms with Gasteiger partial charge in [-0.05, 0) is 61.7 Å². The van der Waals surface area contributed by atoms with Crippen LogP contribution in [0.5, 0.6) is 11.5 Å². The highest BCUT2D eigenvalue weighted by Crippen LogP contribution is 2.20. The van der Waals surface area contributed by atoms with Gasteiger partial charge in [0.05, 0.1) is 24.8 Å². The molecular formula is C28H30BrN3O3. The zero-order valence-corrected chi connectivity index (χ0v) is 21.5. The number of fused-ring (bicyclic) bond motifs is 1. The van der Waals surface area contributed by atoms with Gasteiger partial charge in [-0.1, -0.05) is 40.2 Å². The lowest BCUT2D eigenvalue weighted by Crippen LogP contribution is -2.25. The number of carbonyl (C=O) groups is 1. The summed E-state index contributed by atoms with van der Waals surface area (Å²) in [5.41, 5.74) is 2.81. The number of carbonyl (C=O) groups excluding carboxylic acids is 1. The van der Waals surface area contributed by atoms with Crippen LogP contribution in [0.25, 0.3) is 11.0 Å². The highest BCUT2D eigenvalue weighted by Gasteiger charge is 2.11. The first kappa shape index (κ1) is 24.8. The number of benzene rings is 3. The molecule has 35 heavy (non-hydrogen) atoms. The second-order valence-electron chi connectivity index (χ2n) is 8.27. The number of unbranched alkanes of at least 4 members (excludes halogenated alkanes) is 1. The summed E-state index contributed by atoms with van der Waals surface area (Å²) in [5, 5.41) is 3.01. The molecule has 0 aliphatic carbocycles. The predicted molar refractivity (Wildman–Crippen MR) is 142 cm³/mol. The lowest BCUT2D eigenvalue weighted by atomic mass is 10.2. The molecule has 182 valence electrons. The molecule has 0 spiro atoms. The van der Waals surface area contributed by atoms with Crippen molar-refractivity contribution in [1.29, 1.82) is 0 Å². The molecule has 1 N–H and O–H groups in total. The molecule has 0 atom stereocenters. The van der Waals surface area contributed by atoms with Crippen molar-refractivity contribution in [2.75, 3.05) is 20.3 Å². The molecule has 1 amide bonds. The summed E-state index contributed by atoms with van der Waals surface area (Å²) in [5.74, 6) is 2.61. The highest BCUT2D eigenvalue weighted by atomic mass is 79.9. The second kappa shape index (κ2) is 12.4. The fourth-order valence-corrected chi connectivity index (χ4v) is 4.40. The summed E-state index contributed by atoms with van der Waals surface area (Å²) in [6, 6.07) is 23.3. The Morgan fingerprint density at radius 3 is 2.66 bits per heavy atom. The van der Waals surface area contributed by atoms with E-state index in [9.17, 15) is 4.79 Å². The van der Waals surface area contributed by atoms with E-state index in [4.69, 9.17) is 14.5 Å². The number of amides is 1. The number of nitrogens with zero attached hydrogens (tertiary/aromatic N) is 2. The van der Waals surface area contributed by atoms with Crippen LogP contribution in [0.4, 0.5) is 0 Å². The van der Waals surface area contributed by atoms with Crippen molar-refractivity contribution in [2.24, 2.45) is 0 Å². The first-order chi connectivity index (χ1) is 17.1. The van der Waals surface area contributed by atoms with Crippen molar-refractivity contribution in [3.63, 3.8) is 0 Å². The van der Waals surface area contributed by atoms with Gasteiger partial charge in [0.25, 0.3) is 5.91 Å². The van der Waals surface area contributed by atoms with Crippen LogP contribution in [-0.4, -0.2) is 35.7 Å². The molecule has 3 aromatic carbocycles. The maximum Gasteiger partial charge on any atom is 0.251 e. The number of ether oxygens (including phenoxy) is 2. The van der Waals surface area contributed by atoms with Crippen molar-refractivity contribution in [3.05, 3.63) is 88.7 Å². The Labute approximate surface area is 214 Å². The summed E-state index contributed by atoms with van der Waals surface area (Å²) < 4.78 is 14.3. The zero-order valence-electron chi connectivity index (χ0n) is 19.9. The Morgan fingerprint density at radius 2 is 1.80 bits per heavy atom. The van der Waals surface area contributed by atoms with Gasteiger partial charge >= 0.3 is 0 Å². The van der Waals surface area contributed by atoms with Gasteiger partial charge in [-0.2, -0.15) is 0 Å². The van der Waals surface area contributed by atoms with E-state index in [2.05, 4.69) is 44.0 Å². The monoisotopic (exact) mass is 535 g/mol. The average Bonchev–Trinajstić information content (AvgIpc) is 3.23. The van der Waals surface area contributed by atoms with Crippen LogP contribution in [0.3, 0.4) is 0 Å². The fourth-order valence-electron chi connectivity index (χ4n) is 4.00. The van der Waals surface area contributed by atoms with Crippen LogP contribution in [0.2, 0.25) is 0 Å². The molecule has 6 nitrogen and oxygen atoms in total. The molecule has 1 aromatic heterocycles. The SMILES string of the molecule is COc1cccc(OCCCCn2c(CCCNC(=O)c3cccc(Br)c3)nc3ccccc32)c1. The number of imidazole rings is 1. The van der Waals surface area contributed by atoms with Gasteiger partial charge in [0.2, 0.25) is 0 Å². The van der Waals surface area contributed by atoms with Gasteiger partial charge < -0.3 is 19.4 Å². The lowest BCUT2D eigenvalue weighted by molar-refractivity contribution is 0.0953. The van der Waals surface area contributed by atoms with Crippen molar-refractivity contribution >= 4 is 32.9 Å². The van der Waals surface area contributed by atoms with Crippen LogP contribution in [-0.2, 0) is 13.0 Å². The molecule has 0 aliphatic heterocycles. The Kier molecular flexibility index (Phi) is 8.79. The van der Waals surface area contributed by atoms with Crippen molar-refractivity contribution in [1.82, 2.24) is 14.9 Å². The van der Waals surface area contributed by atoms with Crippen LogP contribution in [0.1, 0.15) is 35.4 Å². The van der Waals surface area contributed by atoms with E-state index in [1.165, 1.54) is 0 Å². The average molecular weight is 536 g/mol. The predicted octanol–water partition coefficient (Wildman–Crippen LogP) is 6.03. The quantitative estimate of drug-likeness (QED) is 0.225. The Hall–Kier alpha value is -3.32. The first-order valence-corrected chi connectivity index (χ1v) is 12.7. The third kappa shape index (κ3) is 6.85. The number of methoxy groups -OCH3 is 1. The fraction of sp³-hybridized carbons (Fsp3) is 0.286. The normalized spacial score (nSPS) is 10.9. The van der Waals surface area contributed by atoms with Crippen molar-refractivity contribution in [3.8, 4) is 11.5 Å². The summed E-state index contributed by atoms with van der Waals surface area (Å²) in [6.45, 7) is 2.13. The molecular weight excluding hydrogens is 506 g/mol. The molecule has 0 aliphatic rings. The second-order valence-corrected chi connectivity index (χ2v) is 9.19. The molecule has 4 aromatic rings. The lowest BCUT2D eigenvalue weighted by Gasteiger charge is -2.11. The minimum atomic E-state index is -0.0594. The number of halogens is 1. The van der Waals surface area contributed by atoms with Gasteiger partial charge in [0.15, 0.2) is 0 Å². The smallest absolute Gasteiger partial charge is 0.251 e. The van der Waals surface area contributed by atoms with Crippen LogP contribution in [0, 0.1) is 0 Å². The number of para-hydroxylation sites is 2. The minimum Gasteiger partial charge on any atom is -0.497 e. The number of hydrogen-bond acceptors (Lipinski definition) is 4. The Morgan fingerprint density at radius 1 is 0.971 bits per heavy atom. The first-order valence-electron chi connectivity index (χ1n) is 11.9. The number of rotatable bonds is 12. The van der Waals surface area contributed by atoms with Crippen LogP contribution >= 0.6 is 15.9 Å². The molecule has 7 heteroatoms. The van der Waals surface area contributed by atoms with Crippen LogP contribution < -0.4 is 14.8 Å². The third-order valence-electron chi connectivity index (χ3n) is 5.77. The summed E-state index contributed by atoms with van der Waals surface area (Å²) in [7, 11) is 1.66. The van der Waals surface area contributed by atoms with Crippen LogP contribution in [0.15, 0.2) is 77.3 Å². The van der Waals surface area contributed by atoms with Crippen molar-refractivity contribution < 1.29 is 14.3 Å². The third-order valence-corrected chi connectivity index (χ3v) is 6.26. The molecule has 0 saturated carbocycles. The molecule has 0 radical (unpaired) electrons. The highest BCUT2D eigenvalue weighted by molar-refractivity contribution is 9.10. The van der Waals surface area contributed by atoms with E-state index >= 15 is 0 Å². The Bertz CT molecular complexity index is 1270. The molecule has 1 heterocycles. The molecule has 0 saturated heterocycles. The van der Waals surface area contributed by atoms with Gasteiger partial charge in [-0.25, -0.2) is 4.98 Å². The standard InChI is InChI=1S/C28H30BrN3O3/c1-34-23-11-7-12-24(20-23)35-18-5-4-17-32-26-14-3-2-13-25(26)31-27(32)15-8-16-30-28(33)21-9-6-10-22(29)19-21/h2-3,6-7,9-14,19-20H,4-5,8,15-18H2,1H3,(H,30,33). The van der Waals surface area contributed by atoms with E-state index in [0.717, 1.165) is 65.1 Å². The topological polar surface area (TPSA) is 65.4 Å². The number of aryl methyl sites for hydroxylation is 2. The molecule has 0 fully saturated rings. The number of nitrogens with one attached hydrogen (secondary N) is 1. The number of aromatic nitrogens is 2. The zero-order chi connectivity index (χ0) is 24.5. The molecule has 0 unspecified atom stereocenters. The van der Waals surface area contributed by atoms with Crippen molar-refractivity contribution in [2.45, 2.75) is 32.2 Å². The van der Waals surface area contributed by atoms with E-state index in [-0.39, 0.29) is 5.91 Å². The number of hydrogen-bond donors (Lipinski definition) is 1. The summed E-state index contributed by atoms with van der Waals surface area (Å²) >= 11 is 3.41. The Balaban J connectivity index is 1.29. The largest absolute Gasteiger partial charge is 0.497 e. The molecule has 0 bridgehead atoms. The summed E-state index contributed by atoms with van der Waals surface area (Å²) in [6.07, 6.45) is 3.54. The van der Waals surface area contributed by atoms with E-state index in [1.807, 2.05) is 54.6 Å². The molecule has 4 rings (SSSR count). The van der Waals surface area contributed by atoms with E-state index in [0.29, 0.717) is 18.7 Å². The van der Waals surface area contributed by atoms with Gasteiger partial charge in [0, 0.05) is 35.6 Å². The minimum absolute atomic E-state index is 0.0594. The maximum atomic E-state index is 12.4. The van der Waals surface area contributed by atoms with Gasteiger partial charge in [-0.15, -0.1) is 0 Å². The maximum absolute atomic E-state index is 12.4.